The highest BCUT2D eigenvalue weighted by Crippen LogP contribution is 2.22. The summed E-state index contributed by atoms with van der Waals surface area (Å²) >= 11 is 0. The van der Waals surface area contributed by atoms with Gasteiger partial charge in [-0.15, -0.1) is 0 Å². The van der Waals surface area contributed by atoms with Crippen molar-refractivity contribution < 1.29 is 17.9 Å². The molecule has 0 aliphatic rings. The second kappa shape index (κ2) is 8.36. The predicted molar refractivity (Wildman–Crippen MR) is 99.6 cm³/mol. The van der Waals surface area contributed by atoms with Gasteiger partial charge in [-0.2, -0.15) is 5.26 Å². The van der Waals surface area contributed by atoms with Gasteiger partial charge in [0.05, 0.1) is 29.8 Å². The number of benzene rings is 2. The van der Waals surface area contributed by atoms with E-state index < -0.39 is 22.5 Å². The molecule has 0 spiro atoms. The molecule has 0 aromatic heterocycles. The summed E-state index contributed by atoms with van der Waals surface area (Å²) in [6.07, 6.45) is 1.03. The number of amides is 1. The topological polar surface area (TPSA) is 99.5 Å². The van der Waals surface area contributed by atoms with Gasteiger partial charge in [0, 0.05) is 0 Å². The van der Waals surface area contributed by atoms with Crippen molar-refractivity contribution in [1.82, 2.24) is 0 Å². The molecule has 1 N–H and O–H groups in total. The highest BCUT2D eigenvalue weighted by atomic mass is 32.2. The predicted octanol–water partition coefficient (Wildman–Crippen LogP) is 2.36. The Labute approximate surface area is 152 Å². The monoisotopic (exact) mass is 373 g/mol. The van der Waals surface area contributed by atoms with E-state index in [2.05, 4.69) is 5.32 Å². The minimum Gasteiger partial charge on any atom is -0.494 e. The molecule has 136 valence electrons. The number of sulfonamides is 1. The second-order valence-electron chi connectivity index (χ2n) is 5.40. The third-order valence-corrected chi connectivity index (χ3v) is 4.59. The van der Waals surface area contributed by atoms with Crippen LogP contribution in [0, 0.1) is 11.3 Å². The SMILES string of the molecule is CCOc1ccc(N(CC(=O)Nc2ccccc2C#N)S(C)(=O)=O)cc1. The zero-order chi connectivity index (χ0) is 19.2. The van der Waals surface area contributed by atoms with Gasteiger partial charge in [0.1, 0.15) is 18.4 Å². The summed E-state index contributed by atoms with van der Waals surface area (Å²) in [6.45, 7) is 1.93. The summed E-state index contributed by atoms with van der Waals surface area (Å²) in [5, 5.41) is 11.6. The molecule has 2 aromatic carbocycles. The van der Waals surface area contributed by atoms with E-state index in [9.17, 15) is 13.2 Å². The number of hydrogen-bond donors (Lipinski definition) is 1. The number of nitriles is 1. The maximum Gasteiger partial charge on any atom is 0.245 e. The van der Waals surface area contributed by atoms with Crippen molar-refractivity contribution in [2.75, 3.05) is 29.0 Å². The number of hydrogen-bond acceptors (Lipinski definition) is 5. The molecule has 0 fully saturated rings. The van der Waals surface area contributed by atoms with Crippen LogP contribution in [-0.4, -0.2) is 33.7 Å². The first-order valence-corrected chi connectivity index (χ1v) is 9.69. The molecule has 26 heavy (non-hydrogen) atoms. The van der Waals surface area contributed by atoms with Gasteiger partial charge in [0.2, 0.25) is 15.9 Å². The third kappa shape index (κ3) is 4.97. The molecule has 0 bridgehead atoms. The molecular formula is C18H19N3O4S. The van der Waals surface area contributed by atoms with Crippen LogP contribution in [0.15, 0.2) is 48.5 Å². The molecule has 0 aliphatic carbocycles. The number of para-hydroxylation sites is 1. The standard InChI is InChI=1S/C18H19N3O4S/c1-3-25-16-10-8-15(9-11-16)21(26(2,23)24)13-18(22)20-17-7-5-4-6-14(17)12-19/h4-11H,3,13H2,1-2H3,(H,20,22). The quantitative estimate of drug-likeness (QED) is 0.803. The Hall–Kier alpha value is -3.05. The molecule has 0 heterocycles. The number of ether oxygens (including phenoxy) is 1. The van der Waals surface area contributed by atoms with Crippen molar-refractivity contribution in [3.63, 3.8) is 0 Å². The van der Waals surface area contributed by atoms with Crippen LogP contribution in [0.4, 0.5) is 11.4 Å². The Balaban J connectivity index is 2.20. The highest BCUT2D eigenvalue weighted by Gasteiger charge is 2.21. The first kappa shape index (κ1) is 19.3. The summed E-state index contributed by atoms with van der Waals surface area (Å²) in [5.41, 5.74) is 0.979. The maximum atomic E-state index is 12.3. The fourth-order valence-corrected chi connectivity index (χ4v) is 3.14. The summed E-state index contributed by atoms with van der Waals surface area (Å²) < 4.78 is 30.6. The van der Waals surface area contributed by atoms with E-state index in [-0.39, 0.29) is 0 Å². The second-order valence-corrected chi connectivity index (χ2v) is 7.31. The lowest BCUT2D eigenvalue weighted by atomic mass is 10.2. The van der Waals surface area contributed by atoms with Crippen molar-refractivity contribution >= 4 is 27.3 Å². The Morgan fingerprint density at radius 1 is 1.19 bits per heavy atom. The van der Waals surface area contributed by atoms with E-state index in [0.29, 0.717) is 29.3 Å². The average Bonchev–Trinajstić information content (AvgIpc) is 2.60. The van der Waals surface area contributed by atoms with Crippen LogP contribution in [0.5, 0.6) is 5.75 Å². The van der Waals surface area contributed by atoms with Crippen LogP contribution in [0.2, 0.25) is 0 Å². The number of nitrogens with zero attached hydrogens (tertiary/aromatic N) is 2. The van der Waals surface area contributed by atoms with Gasteiger partial charge >= 0.3 is 0 Å². The number of rotatable bonds is 7. The van der Waals surface area contributed by atoms with E-state index in [1.807, 2.05) is 13.0 Å². The average molecular weight is 373 g/mol. The fourth-order valence-electron chi connectivity index (χ4n) is 2.29. The van der Waals surface area contributed by atoms with Gasteiger partial charge in [-0.05, 0) is 43.3 Å². The Bertz CT molecular complexity index is 918. The molecule has 0 radical (unpaired) electrons. The van der Waals surface area contributed by atoms with Crippen molar-refractivity contribution in [3.8, 4) is 11.8 Å². The fraction of sp³-hybridized carbons (Fsp3) is 0.222. The normalized spacial score (nSPS) is 10.7. The van der Waals surface area contributed by atoms with E-state index in [4.69, 9.17) is 10.00 Å². The van der Waals surface area contributed by atoms with Gasteiger partial charge in [-0.25, -0.2) is 8.42 Å². The Morgan fingerprint density at radius 3 is 2.42 bits per heavy atom. The van der Waals surface area contributed by atoms with Crippen LogP contribution in [0.1, 0.15) is 12.5 Å². The van der Waals surface area contributed by atoms with Gasteiger partial charge < -0.3 is 10.1 Å². The van der Waals surface area contributed by atoms with Gasteiger partial charge in [-0.1, -0.05) is 12.1 Å². The molecule has 0 unspecified atom stereocenters. The summed E-state index contributed by atoms with van der Waals surface area (Å²) in [4.78, 5) is 12.3. The van der Waals surface area contributed by atoms with Crippen molar-refractivity contribution in [2.45, 2.75) is 6.92 Å². The van der Waals surface area contributed by atoms with E-state index >= 15 is 0 Å². The molecule has 7 nitrogen and oxygen atoms in total. The van der Waals surface area contributed by atoms with Crippen LogP contribution >= 0.6 is 0 Å². The van der Waals surface area contributed by atoms with Gasteiger partial charge in [0.15, 0.2) is 0 Å². The zero-order valence-corrected chi connectivity index (χ0v) is 15.3. The molecule has 2 aromatic rings. The van der Waals surface area contributed by atoms with Crippen molar-refractivity contribution in [2.24, 2.45) is 0 Å². The van der Waals surface area contributed by atoms with Crippen LogP contribution in [0.25, 0.3) is 0 Å². The molecule has 0 aliphatic heterocycles. The lowest BCUT2D eigenvalue weighted by molar-refractivity contribution is -0.114. The van der Waals surface area contributed by atoms with Crippen molar-refractivity contribution in [3.05, 3.63) is 54.1 Å². The molecule has 2 rings (SSSR count). The minimum absolute atomic E-state index is 0.299. The minimum atomic E-state index is -3.68. The molecule has 0 saturated carbocycles. The van der Waals surface area contributed by atoms with Crippen molar-refractivity contribution in [1.29, 1.82) is 5.26 Å². The first-order chi connectivity index (χ1) is 12.3. The Kier molecular flexibility index (Phi) is 6.20. The van der Waals surface area contributed by atoms with E-state index in [0.717, 1.165) is 10.6 Å². The number of anilines is 2. The van der Waals surface area contributed by atoms with Crippen LogP contribution in [0.3, 0.4) is 0 Å². The Morgan fingerprint density at radius 2 is 1.85 bits per heavy atom. The number of carbonyl (C=O) groups is 1. The van der Waals surface area contributed by atoms with Gasteiger partial charge in [0.25, 0.3) is 0 Å². The number of nitrogens with one attached hydrogen (secondary N) is 1. The molecular weight excluding hydrogens is 354 g/mol. The largest absolute Gasteiger partial charge is 0.494 e. The maximum absolute atomic E-state index is 12.3. The third-order valence-electron chi connectivity index (χ3n) is 3.44. The highest BCUT2D eigenvalue weighted by molar-refractivity contribution is 7.92. The zero-order valence-electron chi connectivity index (χ0n) is 14.5. The van der Waals surface area contributed by atoms with E-state index in [1.54, 1.807) is 48.5 Å². The molecule has 0 saturated heterocycles. The lowest BCUT2D eigenvalue weighted by Gasteiger charge is -2.22. The molecule has 8 heteroatoms. The summed E-state index contributed by atoms with van der Waals surface area (Å²) in [6, 6.07) is 14.9. The van der Waals surface area contributed by atoms with Crippen LogP contribution < -0.4 is 14.4 Å². The smallest absolute Gasteiger partial charge is 0.245 e. The van der Waals surface area contributed by atoms with E-state index in [1.165, 1.54) is 0 Å². The summed E-state index contributed by atoms with van der Waals surface area (Å²) in [7, 11) is -3.68. The van der Waals surface area contributed by atoms with Gasteiger partial charge in [-0.3, -0.25) is 9.10 Å². The molecule has 0 atom stereocenters. The summed E-state index contributed by atoms with van der Waals surface area (Å²) in [5.74, 6) is 0.0594. The molecule has 1 amide bonds. The lowest BCUT2D eigenvalue weighted by Crippen LogP contribution is -2.37. The number of carbonyl (C=O) groups excluding carboxylic acids is 1. The first-order valence-electron chi connectivity index (χ1n) is 7.84. The van der Waals surface area contributed by atoms with Crippen LogP contribution in [-0.2, 0) is 14.8 Å².